The Labute approximate surface area is 136 Å². The van der Waals surface area contributed by atoms with Gasteiger partial charge in [0.25, 0.3) is 5.91 Å². The molecule has 3 rings (SSSR count). The molecule has 1 aliphatic rings. The summed E-state index contributed by atoms with van der Waals surface area (Å²) in [5.74, 6) is -2.83. The first-order chi connectivity index (χ1) is 11.4. The Balaban J connectivity index is 2.16. The number of anilines is 1. The number of carbonyl (C=O) groups excluding carboxylic acids is 2. The van der Waals surface area contributed by atoms with Crippen LogP contribution in [-0.2, 0) is 9.59 Å². The number of benzene rings is 2. The van der Waals surface area contributed by atoms with E-state index in [1.807, 2.05) is 0 Å². The molecule has 1 N–H and O–H groups in total. The molecule has 0 radical (unpaired) electrons. The summed E-state index contributed by atoms with van der Waals surface area (Å²) in [6, 6.07) is 9.48. The third-order valence-electron chi connectivity index (χ3n) is 3.88. The molecule has 6 heteroatoms. The Morgan fingerprint density at radius 3 is 2.00 bits per heavy atom. The molecule has 0 aromatic heterocycles. The summed E-state index contributed by atoms with van der Waals surface area (Å²) in [5.41, 5.74) is 0.706. The number of amides is 1. The molecule has 122 valence electrons. The first kappa shape index (κ1) is 15.9. The summed E-state index contributed by atoms with van der Waals surface area (Å²) in [6.45, 7) is 1.24. The van der Waals surface area contributed by atoms with E-state index < -0.39 is 35.1 Å². The molecule has 0 aliphatic carbocycles. The number of rotatable bonds is 3. The van der Waals surface area contributed by atoms with Crippen LogP contribution in [0.4, 0.5) is 14.5 Å². The van der Waals surface area contributed by atoms with Crippen LogP contribution in [0.5, 0.6) is 0 Å². The van der Waals surface area contributed by atoms with Gasteiger partial charge in [0.15, 0.2) is 11.5 Å². The maximum absolute atomic E-state index is 13.2. The van der Waals surface area contributed by atoms with E-state index in [1.54, 1.807) is 0 Å². The largest absolute Gasteiger partial charge is 0.503 e. The Hall–Kier alpha value is -3.02. The maximum atomic E-state index is 13.2. The van der Waals surface area contributed by atoms with Crippen LogP contribution in [0.1, 0.15) is 18.5 Å². The summed E-state index contributed by atoms with van der Waals surface area (Å²) in [6.07, 6.45) is 0. The maximum Gasteiger partial charge on any atom is 0.294 e. The lowest BCUT2D eigenvalue weighted by molar-refractivity contribution is -0.117. The van der Waals surface area contributed by atoms with Gasteiger partial charge in [0, 0.05) is 5.69 Å². The lowest BCUT2D eigenvalue weighted by atomic mass is 9.96. The van der Waals surface area contributed by atoms with Crippen LogP contribution in [-0.4, -0.2) is 16.8 Å². The van der Waals surface area contributed by atoms with Gasteiger partial charge >= 0.3 is 0 Å². The van der Waals surface area contributed by atoms with Crippen molar-refractivity contribution < 1.29 is 23.5 Å². The number of nitrogens with zero attached hydrogens (tertiary/aromatic N) is 1. The van der Waals surface area contributed by atoms with Gasteiger partial charge < -0.3 is 5.11 Å². The molecular formula is C18H13F2NO3. The van der Waals surface area contributed by atoms with Gasteiger partial charge in [0.05, 0.1) is 11.6 Å². The molecule has 1 atom stereocenters. The Kier molecular flexibility index (Phi) is 3.89. The van der Waals surface area contributed by atoms with E-state index in [4.69, 9.17) is 0 Å². The van der Waals surface area contributed by atoms with Gasteiger partial charge in [0.2, 0.25) is 0 Å². The smallest absolute Gasteiger partial charge is 0.294 e. The number of carbonyl (C=O) groups is 2. The minimum absolute atomic E-state index is 0.0732. The van der Waals surface area contributed by atoms with Crippen LogP contribution in [0.15, 0.2) is 59.9 Å². The number of hydrogen-bond acceptors (Lipinski definition) is 3. The highest BCUT2D eigenvalue weighted by molar-refractivity contribution is 6.16. The Morgan fingerprint density at radius 1 is 1.00 bits per heavy atom. The van der Waals surface area contributed by atoms with Gasteiger partial charge in [-0.3, -0.25) is 14.5 Å². The first-order valence-electron chi connectivity index (χ1n) is 7.19. The standard InChI is InChI=1S/C18H13F2NO3/c1-10(22)15-16(11-2-4-12(19)5-3-11)21(18(24)17(15)23)14-8-6-13(20)7-9-14/h2-9,16,23H,1H3. The second-order valence-corrected chi connectivity index (χ2v) is 5.42. The van der Waals surface area contributed by atoms with Gasteiger partial charge in [-0.2, -0.15) is 0 Å². The lowest BCUT2D eigenvalue weighted by Crippen LogP contribution is -2.30. The van der Waals surface area contributed by atoms with Crippen molar-refractivity contribution in [3.63, 3.8) is 0 Å². The second-order valence-electron chi connectivity index (χ2n) is 5.42. The van der Waals surface area contributed by atoms with Gasteiger partial charge in [-0.15, -0.1) is 0 Å². The van der Waals surface area contributed by atoms with E-state index in [1.165, 1.54) is 60.4 Å². The Morgan fingerprint density at radius 2 is 1.50 bits per heavy atom. The van der Waals surface area contributed by atoms with Gasteiger partial charge in [0.1, 0.15) is 11.6 Å². The van der Waals surface area contributed by atoms with Gasteiger partial charge in [-0.1, -0.05) is 12.1 Å². The van der Waals surface area contributed by atoms with Crippen molar-refractivity contribution in [2.45, 2.75) is 13.0 Å². The first-order valence-corrected chi connectivity index (χ1v) is 7.19. The predicted octanol–water partition coefficient (Wildman–Crippen LogP) is 3.45. The number of hydrogen-bond donors (Lipinski definition) is 1. The van der Waals surface area contributed by atoms with Crippen LogP contribution >= 0.6 is 0 Å². The molecule has 1 heterocycles. The fourth-order valence-corrected chi connectivity index (χ4v) is 2.79. The number of Topliss-reactive ketones (excluding diaryl/α,β-unsaturated/α-hetero) is 1. The fraction of sp³-hybridized carbons (Fsp3) is 0.111. The molecule has 2 aromatic carbocycles. The SMILES string of the molecule is CC(=O)C1=C(O)C(=O)N(c2ccc(F)cc2)C1c1ccc(F)cc1. The van der Waals surface area contributed by atoms with Crippen molar-refractivity contribution in [3.05, 3.63) is 77.1 Å². The lowest BCUT2D eigenvalue weighted by Gasteiger charge is -2.26. The molecule has 24 heavy (non-hydrogen) atoms. The molecule has 0 fully saturated rings. The highest BCUT2D eigenvalue weighted by Crippen LogP contribution is 2.40. The van der Waals surface area contributed by atoms with E-state index >= 15 is 0 Å². The zero-order valence-electron chi connectivity index (χ0n) is 12.7. The fourth-order valence-electron chi connectivity index (χ4n) is 2.79. The molecule has 1 amide bonds. The minimum atomic E-state index is -0.902. The van der Waals surface area contributed by atoms with Crippen LogP contribution in [0.25, 0.3) is 0 Å². The molecule has 0 saturated carbocycles. The van der Waals surface area contributed by atoms with Crippen molar-refractivity contribution >= 4 is 17.4 Å². The van der Waals surface area contributed by atoms with E-state index in [2.05, 4.69) is 0 Å². The van der Waals surface area contributed by atoms with E-state index in [0.29, 0.717) is 11.3 Å². The van der Waals surface area contributed by atoms with Crippen LogP contribution in [0.3, 0.4) is 0 Å². The average Bonchev–Trinajstić information content (AvgIpc) is 2.81. The highest BCUT2D eigenvalue weighted by atomic mass is 19.1. The molecule has 2 aromatic rings. The summed E-state index contributed by atoms with van der Waals surface area (Å²) in [4.78, 5) is 25.6. The highest BCUT2D eigenvalue weighted by Gasteiger charge is 2.43. The van der Waals surface area contributed by atoms with Crippen molar-refractivity contribution in [3.8, 4) is 0 Å². The van der Waals surface area contributed by atoms with E-state index in [0.717, 1.165) is 0 Å². The molecule has 4 nitrogen and oxygen atoms in total. The number of halogens is 2. The second kappa shape index (κ2) is 5.88. The average molecular weight is 329 g/mol. The zero-order chi connectivity index (χ0) is 17.4. The molecular weight excluding hydrogens is 316 g/mol. The van der Waals surface area contributed by atoms with Gasteiger partial charge in [-0.25, -0.2) is 8.78 Å². The number of ketones is 1. The summed E-state index contributed by atoms with van der Waals surface area (Å²) in [5, 5.41) is 10.1. The van der Waals surface area contributed by atoms with Crippen molar-refractivity contribution in [1.82, 2.24) is 0 Å². The third kappa shape index (κ3) is 2.56. The van der Waals surface area contributed by atoms with Crippen LogP contribution in [0.2, 0.25) is 0 Å². The molecule has 1 unspecified atom stereocenters. The molecule has 0 spiro atoms. The van der Waals surface area contributed by atoms with Crippen molar-refractivity contribution in [2.75, 3.05) is 4.90 Å². The summed E-state index contributed by atoms with van der Waals surface area (Å²) >= 11 is 0. The monoisotopic (exact) mass is 329 g/mol. The zero-order valence-corrected chi connectivity index (χ0v) is 12.7. The quantitative estimate of drug-likeness (QED) is 0.938. The summed E-state index contributed by atoms with van der Waals surface area (Å²) in [7, 11) is 0. The number of aliphatic hydroxyl groups excluding tert-OH is 1. The summed E-state index contributed by atoms with van der Waals surface area (Å²) < 4.78 is 26.4. The minimum Gasteiger partial charge on any atom is -0.503 e. The number of aliphatic hydroxyl groups is 1. The van der Waals surface area contributed by atoms with E-state index in [9.17, 15) is 23.5 Å². The molecule has 0 bridgehead atoms. The van der Waals surface area contributed by atoms with Crippen LogP contribution < -0.4 is 4.90 Å². The van der Waals surface area contributed by atoms with Gasteiger partial charge in [-0.05, 0) is 48.9 Å². The molecule has 1 aliphatic heterocycles. The Bertz CT molecular complexity index is 842. The van der Waals surface area contributed by atoms with Crippen LogP contribution in [0, 0.1) is 11.6 Å². The topological polar surface area (TPSA) is 57.6 Å². The van der Waals surface area contributed by atoms with Crippen molar-refractivity contribution in [2.24, 2.45) is 0 Å². The van der Waals surface area contributed by atoms with E-state index in [-0.39, 0.29) is 5.57 Å². The van der Waals surface area contributed by atoms with Crippen molar-refractivity contribution in [1.29, 1.82) is 0 Å². The predicted molar refractivity (Wildman–Crippen MR) is 83.4 cm³/mol. The molecule has 0 saturated heterocycles. The normalized spacial score (nSPS) is 17.5. The third-order valence-corrected chi connectivity index (χ3v) is 3.88.